The lowest BCUT2D eigenvalue weighted by Gasteiger charge is -2.36. The van der Waals surface area contributed by atoms with Gasteiger partial charge in [0.25, 0.3) is 0 Å². The van der Waals surface area contributed by atoms with Crippen LogP contribution in [-0.4, -0.2) is 69.5 Å². The first kappa shape index (κ1) is 15.4. The van der Waals surface area contributed by atoms with E-state index < -0.39 is 0 Å². The van der Waals surface area contributed by atoms with Gasteiger partial charge in [-0.25, -0.2) is 0 Å². The molecule has 21 heavy (non-hydrogen) atoms. The van der Waals surface area contributed by atoms with Gasteiger partial charge in [0.05, 0.1) is 25.9 Å². The maximum Gasteiger partial charge on any atom is 0.0594 e. The highest BCUT2D eigenvalue weighted by atomic mass is 32.1. The molecule has 3 heterocycles. The van der Waals surface area contributed by atoms with Crippen molar-refractivity contribution in [2.75, 3.05) is 59.7 Å². The monoisotopic (exact) mass is 310 g/mol. The summed E-state index contributed by atoms with van der Waals surface area (Å²) in [5, 5.41) is 2.19. The molecule has 0 saturated carbocycles. The third-order valence-electron chi connectivity index (χ3n) is 4.44. The number of morpholine rings is 1. The highest BCUT2D eigenvalue weighted by Crippen LogP contribution is 2.27. The normalized spacial score (nSPS) is 25.5. The lowest BCUT2D eigenvalue weighted by Crippen LogP contribution is -2.43. The number of hydrogen-bond donors (Lipinski definition) is 0. The molecule has 1 aromatic rings. The van der Waals surface area contributed by atoms with Gasteiger partial charge in [-0.3, -0.25) is 4.90 Å². The van der Waals surface area contributed by atoms with E-state index in [9.17, 15) is 0 Å². The molecule has 4 nitrogen and oxygen atoms in total. The number of thiophene rings is 1. The highest BCUT2D eigenvalue weighted by molar-refractivity contribution is 7.10. The Kier molecular flexibility index (Phi) is 5.66. The number of likely N-dealkylation sites (N-methyl/N-ethyl adjacent to an activating group) is 1. The predicted octanol–water partition coefficient (Wildman–Crippen LogP) is 2.09. The van der Waals surface area contributed by atoms with Gasteiger partial charge in [-0.05, 0) is 30.8 Å². The van der Waals surface area contributed by atoms with E-state index in [1.54, 1.807) is 0 Å². The van der Waals surface area contributed by atoms with E-state index in [-0.39, 0.29) is 0 Å². The topological polar surface area (TPSA) is 24.9 Å². The fourth-order valence-electron chi connectivity index (χ4n) is 3.29. The number of hydrogen-bond acceptors (Lipinski definition) is 5. The van der Waals surface area contributed by atoms with Crippen LogP contribution in [0.1, 0.15) is 17.3 Å². The van der Waals surface area contributed by atoms with Gasteiger partial charge in [-0.15, -0.1) is 11.3 Å². The minimum Gasteiger partial charge on any atom is -0.381 e. The Morgan fingerprint density at radius 3 is 2.86 bits per heavy atom. The van der Waals surface area contributed by atoms with Crippen molar-refractivity contribution in [2.24, 2.45) is 5.92 Å². The van der Waals surface area contributed by atoms with Gasteiger partial charge >= 0.3 is 0 Å². The molecule has 2 aliphatic rings. The van der Waals surface area contributed by atoms with E-state index in [0.717, 1.165) is 52.6 Å². The molecule has 2 saturated heterocycles. The molecule has 0 aliphatic carbocycles. The zero-order chi connectivity index (χ0) is 14.5. The summed E-state index contributed by atoms with van der Waals surface area (Å²) in [7, 11) is 2.25. The van der Waals surface area contributed by atoms with Crippen LogP contribution in [0.2, 0.25) is 0 Å². The molecular formula is C16H26N2O2S. The summed E-state index contributed by atoms with van der Waals surface area (Å²) in [5.41, 5.74) is 0. The summed E-state index contributed by atoms with van der Waals surface area (Å²) in [6.45, 7) is 7.93. The first-order valence-electron chi connectivity index (χ1n) is 7.94. The molecule has 3 rings (SSSR count). The Morgan fingerprint density at radius 2 is 2.19 bits per heavy atom. The molecule has 0 unspecified atom stereocenters. The van der Waals surface area contributed by atoms with E-state index >= 15 is 0 Å². The van der Waals surface area contributed by atoms with Gasteiger partial charge in [-0.2, -0.15) is 0 Å². The van der Waals surface area contributed by atoms with E-state index in [0.29, 0.717) is 12.0 Å². The standard InChI is InChI=1S/C16H26N2O2S/c1-17(11-14-4-7-20-13-14)12-15(16-3-2-10-21-16)18-5-8-19-9-6-18/h2-3,10,14-15H,4-9,11-13H2,1H3/t14-,15+/m0/s1. The van der Waals surface area contributed by atoms with Crippen LogP contribution in [0.5, 0.6) is 0 Å². The quantitative estimate of drug-likeness (QED) is 0.803. The van der Waals surface area contributed by atoms with Gasteiger partial charge in [0.1, 0.15) is 0 Å². The fraction of sp³-hybridized carbons (Fsp3) is 0.750. The molecule has 2 fully saturated rings. The second-order valence-corrected chi connectivity index (χ2v) is 7.11. The summed E-state index contributed by atoms with van der Waals surface area (Å²) in [6, 6.07) is 4.94. The maximum atomic E-state index is 5.51. The van der Waals surface area contributed by atoms with Gasteiger partial charge in [0.15, 0.2) is 0 Å². The van der Waals surface area contributed by atoms with Crippen molar-refractivity contribution in [2.45, 2.75) is 12.5 Å². The van der Waals surface area contributed by atoms with Gasteiger partial charge in [0.2, 0.25) is 0 Å². The average Bonchev–Trinajstić information content (AvgIpc) is 3.19. The van der Waals surface area contributed by atoms with E-state index in [2.05, 4.69) is 34.4 Å². The van der Waals surface area contributed by atoms with Crippen molar-refractivity contribution in [1.29, 1.82) is 0 Å². The minimum atomic E-state index is 0.501. The average molecular weight is 310 g/mol. The van der Waals surface area contributed by atoms with Crippen LogP contribution in [0.4, 0.5) is 0 Å². The lowest BCUT2D eigenvalue weighted by atomic mass is 10.1. The van der Waals surface area contributed by atoms with Crippen molar-refractivity contribution >= 4 is 11.3 Å². The third kappa shape index (κ3) is 4.27. The predicted molar refractivity (Wildman–Crippen MR) is 85.9 cm³/mol. The van der Waals surface area contributed by atoms with Gasteiger partial charge < -0.3 is 14.4 Å². The lowest BCUT2D eigenvalue weighted by molar-refractivity contribution is 0.00915. The number of ether oxygens (including phenoxy) is 2. The van der Waals surface area contributed by atoms with Crippen molar-refractivity contribution in [3.8, 4) is 0 Å². The summed E-state index contributed by atoms with van der Waals surface area (Å²) < 4.78 is 11.0. The first-order chi connectivity index (χ1) is 10.3. The summed E-state index contributed by atoms with van der Waals surface area (Å²) in [5.74, 6) is 0.712. The van der Waals surface area contributed by atoms with Crippen LogP contribution in [0.15, 0.2) is 17.5 Å². The first-order valence-corrected chi connectivity index (χ1v) is 8.82. The maximum absolute atomic E-state index is 5.51. The van der Waals surface area contributed by atoms with Crippen molar-refractivity contribution < 1.29 is 9.47 Å². The van der Waals surface area contributed by atoms with Gasteiger partial charge in [0, 0.05) is 37.7 Å². The zero-order valence-electron chi connectivity index (χ0n) is 12.9. The largest absolute Gasteiger partial charge is 0.381 e. The number of nitrogens with zero attached hydrogens (tertiary/aromatic N) is 2. The molecule has 0 amide bonds. The summed E-state index contributed by atoms with van der Waals surface area (Å²) >= 11 is 1.88. The molecular weight excluding hydrogens is 284 g/mol. The molecule has 2 aliphatic heterocycles. The Bertz CT molecular complexity index is 400. The molecule has 1 aromatic heterocycles. The molecule has 0 N–H and O–H groups in total. The second-order valence-electron chi connectivity index (χ2n) is 6.13. The zero-order valence-corrected chi connectivity index (χ0v) is 13.7. The van der Waals surface area contributed by atoms with Gasteiger partial charge in [-0.1, -0.05) is 6.07 Å². The third-order valence-corrected chi connectivity index (χ3v) is 5.41. The molecule has 0 radical (unpaired) electrons. The van der Waals surface area contributed by atoms with Crippen molar-refractivity contribution in [3.63, 3.8) is 0 Å². The van der Waals surface area contributed by atoms with Crippen LogP contribution in [0.25, 0.3) is 0 Å². The number of rotatable bonds is 6. The molecule has 118 valence electrons. The minimum absolute atomic E-state index is 0.501. The Hall–Kier alpha value is -0.460. The van der Waals surface area contributed by atoms with Crippen LogP contribution >= 0.6 is 11.3 Å². The Balaban J connectivity index is 1.61. The molecule has 2 atom stereocenters. The molecule has 0 bridgehead atoms. The van der Waals surface area contributed by atoms with E-state index in [1.165, 1.54) is 11.3 Å². The molecule has 5 heteroatoms. The van der Waals surface area contributed by atoms with Crippen LogP contribution < -0.4 is 0 Å². The molecule has 0 spiro atoms. The SMILES string of the molecule is CN(C[C@@H]1CCOC1)C[C@H](c1cccs1)N1CCOCC1. The van der Waals surface area contributed by atoms with Crippen molar-refractivity contribution in [3.05, 3.63) is 22.4 Å². The summed E-state index contributed by atoms with van der Waals surface area (Å²) in [6.07, 6.45) is 1.21. The fourth-order valence-corrected chi connectivity index (χ4v) is 4.15. The second kappa shape index (κ2) is 7.70. The molecule has 0 aromatic carbocycles. The van der Waals surface area contributed by atoms with Crippen molar-refractivity contribution in [1.82, 2.24) is 9.80 Å². The Morgan fingerprint density at radius 1 is 1.33 bits per heavy atom. The smallest absolute Gasteiger partial charge is 0.0594 e. The van der Waals surface area contributed by atoms with Crippen LogP contribution in [0.3, 0.4) is 0 Å². The van der Waals surface area contributed by atoms with E-state index in [1.807, 2.05) is 11.3 Å². The van der Waals surface area contributed by atoms with Crippen LogP contribution in [-0.2, 0) is 9.47 Å². The van der Waals surface area contributed by atoms with Crippen LogP contribution in [0, 0.1) is 5.92 Å². The highest BCUT2D eigenvalue weighted by Gasteiger charge is 2.26. The summed E-state index contributed by atoms with van der Waals surface area (Å²) in [4.78, 5) is 6.54. The Labute approximate surface area is 131 Å². The van der Waals surface area contributed by atoms with E-state index in [4.69, 9.17) is 9.47 Å².